The van der Waals surface area contributed by atoms with Crippen LogP contribution in [-0.2, 0) is 6.54 Å². The molecule has 172 valence electrons. The summed E-state index contributed by atoms with van der Waals surface area (Å²) in [5.74, 6) is -0.269. The number of pyridine rings is 4. The van der Waals surface area contributed by atoms with Gasteiger partial charge in [-0.1, -0.05) is 6.07 Å². The summed E-state index contributed by atoms with van der Waals surface area (Å²) >= 11 is 0. The Bertz CT molecular complexity index is 1350. The van der Waals surface area contributed by atoms with Crippen LogP contribution in [0.15, 0.2) is 61.1 Å². The second-order valence-electron chi connectivity index (χ2n) is 7.41. The summed E-state index contributed by atoms with van der Waals surface area (Å²) in [5.41, 5.74) is 3.82. The number of nitrogens with one attached hydrogen (secondary N) is 1. The van der Waals surface area contributed by atoms with Gasteiger partial charge in [-0.2, -0.15) is 4.39 Å². The number of ether oxygens (including phenoxy) is 2. The van der Waals surface area contributed by atoms with Crippen LogP contribution >= 0.6 is 0 Å². The van der Waals surface area contributed by atoms with E-state index in [-0.39, 0.29) is 23.5 Å². The zero-order chi connectivity index (χ0) is 24.1. The van der Waals surface area contributed by atoms with E-state index in [0.717, 1.165) is 11.1 Å². The molecule has 0 aliphatic rings. The first-order chi connectivity index (χ1) is 16.5. The van der Waals surface area contributed by atoms with Crippen LogP contribution < -0.4 is 14.8 Å². The van der Waals surface area contributed by atoms with Crippen molar-refractivity contribution in [3.05, 3.63) is 83.8 Å². The first-order valence-electron chi connectivity index (χ1n) is 10.4. The quantitative estimate of drug-likeness (QED) is 0.417. The number of methoxy groups -OCH3 is 2. The smallest absolute Gasteiger partial charge is 0.257 e. The Balaban J connectivity index is 1.68. The first-order valence-corrected chi connectivity index (χ1v) is 10.4. The summed E-state index contributed by atoms with van der Waals surface area (Å²) in [5, 5.41) is 2.84. The number of aryl methyl sites for hydroxylation is 1. The molecule has 8 nitrogen and oxygen atoms in total. The van der Waals surface area contributed by atoms with Gasteiger partial charge in [0.25, 0.3) is 11.8 Å². The van der Waals surface area contributed by atoms with Crippen molar-refractivity contribution in [3.8, 4) is 34.1 Å². The van der Waals surface area contributed by atoms with Crippen LogP contribution in [-0.4, -0.2) is 40.1 Å². The van der Waals surface area contributed by atoms with Gasteiger partial charge in [0.1, 0.15) is 5.69 Å². The van der Waals surface area contributed by atoms with Crippen molar-refractivity contribution < 1.29 is 18.7 Å². The molecule has 34 heavy (non-hydrogen) atoms. The van der Waals surface area contributed by atoms with Gasteiger partial charge < -0.3 is 14.8 Å². The largest absolute Gasteiger partial charge is 0.491 e. The van der Waals surface area contributed by atoms with Gasteiger partial charge in [0.2, 0.25) is 5.95 Å². The summed E-state index contributed by atoms with van der Waals surface area (Å²) in [6.07, 6.45) is 5.05. The van der Waals surface area contributed by atoms with E-state index in [1.54, 1.807) is 42.9 Å². The minimum Gasteiger partial charge on any atom is -0.491 e. The van der Waals surface area contributed by atoms with E-state index in [4.69, 9.17) is 9.47 Å². The molecule has 4 aromatic heterocycles. The number of nitrogens with zero attached hydrogens (tertiary/aromatic N) is 4. The Hall–Kier alpha value is -4.40. The highest BCUT2D eigenvalue weighted by atomic mass is 19.1. The average Bonchev–Trinajstić information content (AvgIpc) is 2.86. The standard InChI is InChI=1S/C25H22FN5O3/c1-15-9-16(12-27-11-15)17-10-19(23(28-13-17)20-5-4-6-22(26)31-20)24(32)29-14-18-7-8-21(33-2)25(30-18)34-3/h4-13H,14H2,1-3H3,(H,29,32). The van der Waals surface area contributed by atoms with Crippen LogP contribution in [0.4, 0.5) is 4.39 Å². The Morgan fingerprint density at radius 2 is 1.82 bits per heavy atom. The third kappa shape index (κ3) is 4.98. The molecule has 4 rings (SSSR count). The maximum atomic E-state index is 13.8. The predicted octanol–water partition coefficient (Wildman–Crippen LogP) is 4.00. The van der Waals surface area contributed by atoms with Gasteiger partial charge in [0.15, 0.2) is 5.75 Å². The number of halogens is 1. The molecule has 0 aliphatic heterocycles. The molecule has 0 saturated heterocycles. The summed E-state index contributed by atoms with van der Waals surface area (Å²) in [7, 11) is 3.01. The molecule has 0 aliphatic carbocycles. The highest BCUT2D eigenvalue weighted by Crippen LogP contribution is 2.27. The van der Waals surface area contributed by atoms with E-state index in [0.29, 0.717) is 22.9 Å². The van der Waals surface area contributed by atoms with Gasteiger partial charge in [-0.3, -0.25) is 14.8 Å². The second kappa shape index (κ2) is 10.0. The molecule has 9 heteroatoms. The molecule has 4 aromatic rings. The molecule has 0 radical (unpaired) electrons. The van der Waals surface area contributed by atoms with Crippen molar-refractivity contribution in [2.75, 3.05) is 14.2 Å². The van der Waals surface area contributed by atoms with E-state index in [1.807, 2.05) is 13.0 Å². The number of aromatic nitrogens is 4. The molecule has 4 heterocycles. The third-order valence-corrected chi connectivity index (χ3v) is 5.02. The number of carbonyl (C=O) groups excluding carboxylic acids is 1. The van der Waals surface area contributed by atoms with E-state index in [2.05, 4.69) is 25.3 Å². The second-order valence-corrected chi connectivity index (χ2v) is 7.41. The number of carbonyl (C=O) groups is 1. The normalized spacial score (nSPS) is 10.6. The van der Waals surface area contributed by atoms with Gasteiger partial charge in [-0.05, 0) is 48.9 Å². The van der Waals surface area contributed by atoms with Crippen LogP contribution in [0.25, 0.3) is 22.5 Å². The molecule has 0 saturated carbocycles. The molecule has 0 bridgehead atoms. The lowest BCUT2D eigenvalue weighted by atomic mass is 10.0. The van der Waals surface area contributed by atoms with Crippen LogP contribution in [0.1, 0.15) is 21.6 Å². The summed E-state index contributed by atoms with van der Waals surface area (Å²) < 4.78 is 24.2. The number of rotatable bonds is 7. The SMILES string of the molecule is COc1ccc(CNC(=O)c2cc(-c3cncc(C)c3)cnc2-c2cccc(F)n2)nc1OC. The summed E-state index contributed by atoms with van der Waals surface area (Å²) in [6, 6.07) is 11.4. The fraction of sp³-hybridized carbons (Fsp3) is 0.160. The minimum absolute atomic E-state index is 0.130. The van der Waals surface area contributed by atoms with Crippen LogP contribution in [0, 0.1) is 12.9 Å². The Kier molecular flexibility index (Phi) is 6.72. The fourth-order valence-electron chi connectivity index (χ4n) is 3.38. The highest BCUT2D eigenvalue weighted by Gasteiger charge is 2.18. The van der Waals surface area contributed by atoms with Crippen molar-refractivity contribution in [1.82, 2.24) is 25.3 Å². The Labute approximate surface area is 195 Å². The van der Waals surface area contributed by atoms with Crippen LogP contribution in [0.3, 0.4) is 0 Å². The Morgan fingerprint density at radius 3 is 2.56 bits per heavy atom. The van der Waals surface area contributed by atoms with Crippen molar-refractivity contribution in [1.29, 1.82) is 0 Å². The van der Waals surface area contributed by atoms with Crippen molar-refractivity contribution >= 4 is 5.91 Å². The monoisotopic (exact) mass is 459 g/mol. The third-order valence-electron chi connectivity index (χ3n) is 5.02. The lowest BCUT2D eigenvalue weighted by Crippen LogP contribution is -2.24. The lowest BCUT2D eigenvalue weighted by molar-refractivity contribution is 0.0950. The molecule has 0 atom stereocenters. The topological polar surface area (TPSA) is 99.1 Å². The van der Waals surface area contributed by atoms with Gasteiger partial charge in [0.05, 0.1) is 37.7 Å². The average molecular weight is 459 g/mol. The number of hydrogen-bond donors (Lipinski definition) is 1. The van der Waals surface area contributed by atoms with E-state index in [9.17, 15) is 9.18 Å². The fourth-order valence-corrected chi connectivity index (χ4v) is 3.38. The Morgan fingerprint density at radius 1 is 1.00 bits per heavy atom. The molecular formula is C25H22FN5O3. The van der Waals surface area contributed by atoms with Gasteiger partial charge >= 0.3 is 0 Å². The van der Waals surface area contributed by atoms with Crippen molar-refractivity contribution in [2.45, 2.75) is 13.5 Å². The minimum atomic E-state index is -0.660. The van der Waals surface area contributed by atoms with E-state index in [1.165, 1.54) is 26.4 Å². The van der Waals surface area contributed by atoms with Crippen LogP contribution in [0.2, 0.25) is 0 Å². The molecule has 0 spiro atoms. The molecule has 0 fully saturated rings. The lowest BCUT2D eigenvalue weighted by Gasteiger charge is -2.12. The molecule has 1 amide bonds. The zero-order valence-electron chi connectivity index (χ0n) is 18.9. The first kappa shape index (κ1) is 22.8. The highest BCUT2D eigenvalue weighted by molar-refractivity contribution is 6.00. The maximum absolute atomic E-state index is 13.8. The van der Waals surface area contributed by atoms with Gasteiger partial charge in [-0.25, -0.2) is 9.97 Å². The summed E-state index contributed by atoms with van der Waals surface area (Å²) in [6.45, 7) is 2.06. The molecular weight excluding hydrogens is 437 g/mol. The summed E-state index contributed by atoms with van der Waals surface area (Å²) in [4.78, 5) is 30.2. The van der Waals surface area contributed by atoms with Gasteiger partial charge in [0, 0.05) is 29.7 Å². The predicted molar refractivity (Wildman–Crippen MR) is 124 cm³/mol. The van der Waals surface area contributed by atoms with E-state index < -0.39 is 11.9 Å². The maximum Gasteiger partial charge on any atom is 0.257 e. The molecule has 1 N–H and O–H groups in total. The van der Waals surface area contributed by atoms with Crippen molar-refractivity contribution in [2.24, 2.45) is 0 Å². The zero-order valence-corrected chi connectivity index (χ0v) is 18.9. The van der Waals surface area contributed by atoms with Crippen molar-refractivity contribution in [3.63, 3.8) is 0 Å². The molecule has 0 aromatic carbocycles. The van der Waals surface area contributed by atoms with Gasteiger partial charge in [-0.15, -0.1) is 0 Å². The van der Waals surface area contributed by atoms with E-state index >= 15 is 0 Å². The number of hydrogen-bond acceptors (Lipinski definition) is 7. The number of amides is 1. The van der Waals surface area contributed by atoms with Crippen LogP contribution in [0.5, 0.6) is 11.6 Å². The molecule has 0 unspecified atom stereocenters.